The number of oxazole rings is 1. The summed E-state index contributed by atoms with van der Waals surface area (Å²) in [5.41, 5.74) is 0.781. The molecule has 1 saturated carbocycles. The number of aromatic nitrogens is 2. The number of Topliss-reactive ketones (excluding diaryl/α,β-unsaturated/α-hetero) is 1. The second-order valence-electron chi connectivity index (χ2n) is 6.93. The van der Waals surface area contributed by atoms with E-state index in [1.807, 2.05) is 0 Å². The lowest BCUT2D eigenvalue weighted by molar-refractivity contribution is -0.130. The fourth-order valence-electron chi connectivity index (χ4n) is 3.49. The van der Waals surface area contributed by atoms with Gasteiger partial charge in [-0.2, -0.15) is 4.98 Å². The number of carbonyl (C=O) groups is 2. The third-order valence-electron chi connectivity index (χ3n) is 5.00. The van der Waals surface area contributed by atoms with Crippen molar-refractivity contribution in [2.75, 3.05) is 0 Å². The molecule has 1 aliphatic rings. The number of ketones is 1. The number of carbonyl (C=O) groups excluding carboxylic acids is 2. The smallest absolute Gasteiger partial charge is 0.268 e. The van der Waals surface area contributed by atoms with Gasteiger partial charge in [0, 0.05) is 6.20 Å². The van der Waals surface area contributed by atoms with Gasteiger partial charge in [-0.15, -0.1) is 0 Å². The topological polar surface area (TPSA) is 105 Å². The molecule has 0 saturated heterocycles. The van der Waals surface area contributed by atoms with Gasteiger partial charge in [0.25, 0.3) is 5.89 Å². The quantitative estimate of drug-likeness (QED) is 0.736. The van der Waals surface area contributed by atoms with E-state index in [0.717, 1.165) is 25.7 Å². The number of nitrogens with one attached hydrogen (secondary N) is 1. The molecule has 1 aliphatic carbocycles. The molecular formula is C19H25N3O4. The van der Waals surface area contributed by atoms with E-state index in [2.05, 4.69) is 15.3 Å². The molecule has 2 N–H and O–H groups in total. The van der Waals surface area contributed by atoms with Crippen molar-refractivity contribution in [3.8, 4) is 0 Å². The Labute approximate surface area is 152 Å². The minimum absolute atomic E-state index is 0.0763. The molecule has 2 aromatic heterocycles. The summed E-state index contributed by atoms with van der Waals surface area (Å²) < 4.78 is 5.44. The average molecular weight is 359 g/mol. The summed E-state index contributed by atoms with van der Waals surface area (Å²) in [5.74, 6) is -0.621. The van der Waals surface area contributed by atoms with Gasteiger partial charge >= 0.3 is 0 Å². The van der Waals surface area contributed by atoms with Crippen LogP contribution < -0.4 is 5.32 Å². The molecule has 140 valence electrons. The van der Waals surface area contributed by atoms with Crippen LogP contribution in [0.5, 0.6) is 0 Å². The standard InChI is InChI=1S/C19H25N3O4/c1-2-13(16(24)19-22-17-15(26-19)9-6-10-20-17)21-18(25)14(23)11-12-7-4-3-5-8-12/h6,9-10,12-14,23H,2-5,7-8,11H2,1H3,(H,21,25)/t13?,14-/m0/s1. The molecular weight excluding hydrogens is 334 g/mol. The van der Waals surface area contributed by atoms with Crippen molar-refractivity contribution in [2.24, 2.45) is 5.92 Å². The number of hydrogen-bond donors (Lipinski definition) is 2. The Kier molecular flexibility index (Phi) is 5.98. The first kappa shape index (κ1) is 18.5. The predicted molar refractivity (Wildman–Crippen MR) is 95.6 cm³/mol. The van der Waals surface area contributed by atoms with Gasteiger partial charge in [-0.25, -0.2) is 4.98 Å². The molecule has 2 atom stereocenters. The number of rotatable bonds is 7. The first-order valence-electron chi connectivity index (χ1n) is 9.32. The molecule has 2 aromatic rings. The second kappa shape index (κ2) is 8.40. The Balaban J connectivity index is 1.62. The number of aliphatic hydroxyl groups excluding tert-OH is 1. The molecule has 0 spiro atoms. The second-order valence-corrected chi connectivity index (χ2v) is 6.93. The Morgan fingerprint density at radius 2 is 2.12 bits per heavy atom. The minimum atomic E-state index is -1.09. The summed E-state index contributed by atoms with van der Waals surface area (Å²) in [6.07, 6.45) is 6.94. The Hall–Kier alpha value is -2.28. The van der Waals surface area contributed by atoms with E-state index >= 15 is 0 Å². The highest BCUT2D eigenvalue weighted by Crippen LogP contribution is 2.27. The SMILES string of the molecule is CCC(NC(=O)[C@@H](O)CC1CCCCC1)C(=O)c1nc2ncccc2o1. The summed E-state index contributed by atoms with van der Waals surface area (Å²) in [6, 6.07) is 2.60. The van der Waals surface area contributed by atoms with Crippen LogP contribution in [0.2, 0.25) is 0 Å². The van der Waals surface area contributed by atoms with E-state index in [1.165, 1.54) is 6.42 Å². The highest BCUT2D eigenvalue weighted by Gasteiger charge is 2.29. The van der Waals surface area contributed by atoms with Crippen LogP contribution >= 0.6 is 0 Å². The summed E-state index contributed by atoms with van der Waals surface area (Å²) in [5, 5.41) is 12.8. The van der Waals surface area contributed by atoms with Crippen molar-refractivity contribution < 1.29 is 19.1 Å². The number of fused-ring (bicyclic) bond motifs is 1. The fraction of sp³-hybridized carbons (Fsp3) is 0.579. The summed E-state index contributed by atoms with van der Waals surface area (Å²) in [6.45, 7) is 1.79. The van der Waals surface area contributed by atoms with Gasteiger partial charge in [0.05, 0.1) is 6.04 Å². The molecule has 0 aromatic carbocycles. The number of hydrogen-bond acceptors (Lipinski definition) is 6. The van der Waals surface area contributed by atoms with Crippen molar-refractivity contribution >= 4 is 22.9 Å². The van der Waals surface area contributed by atoms with Crippen molar-refractivity contribution in [1.82, 2.24) is 15.3 Å². The van der Waals surface area contributed by atoms with Gasteiger partial charge in [-0.05, 0) is 30.9 Å². The number of aliphatic hydroxyl groups is 1. The normalized spacial score (nSPS) is 17.8. The molecule has 7 nitrogen and oxygen atoms in total. The van der Waals surface area contributed by atoms with Crippen molar-refractivity contribution in [1.29, 1.82) is 0 Å². The first-order chi connectivity index (χ1) is 12.6. The molecule has 3 rings (SSSR count). The average Bonchev–Trinajstić information content (AvgIpc) is 3.10. The van der Waals surface area contributed by atoms with E-state index in [0.29, 0.717) is 30.0 Å². The summed E-state index contributed by atoms with van der Waals surface area (Å²) in [7, 11) is 0. The van der Waals surface area contributed by atoms with E-state index in [-0.39, 0.29) is 5.89 Å². The Bertz CT molecular complexity index is 734. The van der Waals surface area contributed by atoms with E-state index in [9.17, 15) is 14.7 Å². The number of nitrogens with zero attached hydrogens (tertiary/aromatic N) is 2. The maximum atomic E-state index is 12.6. The lowest BCUT2D eigenvalue weighted by Crippen LogP contribution is -2.45. The third-order valence-corrected chi connectivity index (χ3v) is 5.00. The number of pyridine rings is 1. The highest BCUT2D eigenvalue weighted by atomic mass is 16.4. The van der Waals surface area contributed by atoms with Crippen LogP contribution in [0.1, 0.15) is 62.6 Å². The summed E-state index contributed by atoms with van der Waals surface area (Å²) in [4.78, 5) is 33.1. The molecule has 26 heavy (non-hydrogen) atoms. The van der Waals surface area contributed by atoms with Crippen LogP contribution in [0, 0.1) is 5.92 Å². The van der Waals surface area contributed by atoms with Crippen molar-refractivity contribution in [2.45, 2.75) is 64.0 Å². The van der Waals surface area contributed by atoms with Crippen LogP contribution in [0.15, 0.2) is 22.7 Å². The van der Waals surface area contributed by atoms with Crippen LogP contribution in [-0.4, -0.2) is 38.9 Å². The van der Waals surface area contributed by atoms with Gasteiger partial charge < -0.3 is 14.8 Å². The van der Waals surface area contributed by atoms with Crippen molar-refractivity contribution in [3.63, 3.8) is 0 Å². The predicted octanol–water partition coefficient (Wildman–Crippen LogP) is 2.63. The molecule has 0 bridgehead atoms. The molecule has 1 fully saturated rings. The zero-order chi connectivity index (χ0) is 18.5. The lowest BCUT2D eigenvalue weighted by atomic mass is 9.85. The van der Waals surface area contributed by atoms with Crippen molar-refractivity contribution in [3.05, 3.63) is 24.2 Å². The number of amides is 1. The molecule has 1 amide bonds. The zero-order valence-corrected chi connectivity index (χ0v) is 15.0. The first-order valence-corrected chi connectivity index (χ1v) is 9.32. The van der Waals surface area contributed by atoms with Crippen LogP contribution in [-0.2, 0) is 4.79 Å². The zero-order valence-electron chi connectivity index (χ0n) is 15.0. The molecule has 0 radical (unpaired) electrons. The van der Waals surface area contributed by atoms with Gasteiger partial charge in [0.2, 0.25) is 11.7 Å². The maximum Gasteiger partial charge on any atom is 0.268 e. The third kappa shape index (κ3) is 4.27. The fourth-order valence-corrected chi connectivity index (χ4v) is 3.49. The molecule has 1 unspecified atom stereocenters. The Morgan fingerprint density at radius 3 is 2.81 bits per heavy atom. The lowest BCUT2D eigenvalue weighted by Gasteiger charge is -2.24. The van der Waals surface area contributed by atoms with Gasteiger partial charge in [0.1, 0.15) is 6.10 Å². The highest BCUT2D eigenvalue weighted by molar-refractivity contribution is 6.00. The van der Waals surface area contributed by atoms with E-state index in [1.54, 1.807) is 25.3 Å². The minimum Gasteiger partial charge on any atom is -0.432 e. The van der Waals surface area contributed by atoms with Crippen LogP contribution in [0.25, 0.3) is 11.2 Å². The molecule has 2 heterocycles. The molecule has 7 heteroatoms. The maximum absolute atomic E-state index is 12.6. The van der Waals surface area contributed by atoms with Crippen LogP contribution in [0.3, 0.4) is 0 Å². The largest absolute Gasteiger partial charge is 0.432 e. The monoisotopic (exact) mass is 359 g/mol. The van der Waals surface area contributed by atoms with Gasteiger partial charge in [-0.3, -0.25) is 9.59 Å². The molecule has 0 aliphatic heterocycles. The van der Waals surface area contributed by atoms with Crippen LogP contribution in [0.4, 0.5) is 0 Å². The van der Waals surface area contributed by atoms with Gasteiger partial charge in [0.15, 0.2) is 11.2 Å². The summed E-state index contributed by atoms with van der Waals surface area (Å²) >= 11 is 0. The van der Waals surface area contributed by atoms with E-state index in [4.69, 9.17) is 4.42 Å². The van der Waals surface area contributed by atoms with E-state index < -0.39 is 23.8 Å². The Morgan fingerprint density at radius 1 is 1.35 bits per heavy atom. The van der Waals surface area contributed by atoms with Gasteiger partial charge in [-0.1, -0.05) is 39.0 Å².